The van der Waals surface area contributed by atoms with Gasteiger partial charge in [0.05, 0.1) is 18.2 Å². The topological polar surface area (TPSA) is 58.6 Å². The van der Waals surface area contributed by atoms with E-state index in [-0.39, 0.29) is 23.5 Å². The van der Waals surface area contributed by atoms with Crippen LogP contribution in [-0.4, -0.2) is 48.1 Å². The predicted octanol–water partition coefficient (Wildman–Crippen LogP) is 2.53. The largest absolute Gasteiger partial charge is 0.369 e. The number of aryl methyl sites for hydroxylation is 1. The Morgan fingerprint density at radius 3 is 2.70 bits per heavy atom. The summed E-state index contributed by atoms with van der Waals surface area (Å²) in [6.07, 6.45) is 5.62. The zero-order chi connectivity index (χ0) is 18.6. The third-order valence-corrected chi connectivity index (χ3v) is 7.36. The van der Waals surface area contributed by atoms with Gasteiger partial charge < -0.3 is 15.0 Å². The summed E-state index contributed by atoms with van der Waals surface area (Å²) in [5.74, 6) is 1.23. The highest BCUT2D eigenvalue weighted by atomic mass is 16.5. The van der Waals surface area contributed by atoms with Gasteiger partial charge in [-0.15, -0.1) is 0 Å². The van der Waals surface area contributed by atoms with Crippen LogP contribution >= 0.6 is 0 Å². The van der Waals surface area contributed by atoms with E-state index in [4.69, 9.17) is 4.74 Å². The fourth-order valence-electron chi connectivity index (χ4n) is 5.56. The van der Waals surface area contributed by atoms with Crippen molar-refractivity contribution < 1.29 is 14.3 Å². The van der Waals surface area contributed by atoms with Crippen molar-refractivity contribution in [3.05, 3.63) is 35.4 Å². The third kappa shape index (κ3) is 2.78. The number of hydrogen-bond acceptors (Lipinski definition) is 3. The maximum atomic E-state index is 12.7. The van der Waals surface area contributed by atoms with Crippen LogP contribution in [0.15, 0.2) is 24.3 Å². The highest BCUT2D eigenvalue weighted by Gasteiger charge is 2.63. The first-order chi connectivity index (χ1) is 13.1. The maximum Gasteiger partial charge on any atom is 0.251 e. The first kappa shape index (κ1) is 17.2. The van der Waals surface area contributed by atoms with E-state index in [0.717, 1.165) is 44.3 Å². The van der Waals surface area contributed by atoms with Gasteiger partial charge in [0, 0.05) is 36.4 Å². The van der Waals surface area contributed by atoms with Crippen molar-refractivity contribution in [2.75, 3.05) is 19.6 Å². The molecule has 3 aliphatic heterocycles. The molecule has 1 aliphatic carbocycles. The van der Waals surface area contributed by atoms with Gasteiger partial charge in [0.15, 0.2) is 0 Å². The van der Waals surface area contributed by atoms with Crippen LogP contribution in [0.25, 0.3) is 0 Å². The molecule has 4 aliphatic rings. The second-order valence-corrected chi connectivity index (χ2v) is 8.95. The molecule has 5 rings (SSSR count). The third-order valence-electron chi connectivity index (χ3n) is 7.36. The van der Waals surface area contributed by atoms with Crippen molar-refractivity contribution in [2.45, 2.75) is 50.7 Å². The molecule has 5 nitrogen and oxygen atoms in total. The van der Waals surface area contributed by atoms with E-state index in [1.54, 1.807) is 0 Å². The summed E-state index contributed by atoms with van der Waals surface area (Å²) in [5.41, 5.74) is 1.70. The number of amides is 2. The molecule has 1 N–H and O–H groups in total. The van der Waals surface area contributed by atoms with Crippen molar-refractivity contribution >= 4 is 11.8 Å². The molecule has 2 bridgehead atoms. The highest BCUT2D eigenvalue weighted by Crippen LogP contribution is 2.55. The summed E-state index contributed by atoms with van der Waals surface area (Å²) in [7, 11) is 0. The molecule has 1 aromatic carbocycles. The molecule has 144 valence electrons. The zero-order valence-corrected chi connectivity index (χ0v) is 15.9. The molecule has 0 radical (unpaired) electrons. The van der Waals surface area contributed by atoms with Crippen LogP contribution in [0, 0.1) is 24.7 Å². The number of carbonyl (C=O) groups excluding carboxylic acids is 2. The number of nitrogens with one attached hydrogen (secondary N) is 1. The molecule has 3 saturated heterocycles. The Labute approximate surface area is 160 Å². The first-order valence-electron chi connectivity index (χ1n) is 10.4. The van der Waals surface area contributed by atoms with Gasteiger partial charge in [0.1, 0.15) is 0 Å². The quantitative estimate of drug-likeness (QED) is 0.888. The van der Waals surface area contributed by atoms with Gasteiger partial charge in [-0.05, 0) is 44.7 Å². The highest BCUT2D eigenvalue weighted by molar-refractivity contribution is 5.94. The Balaban J connectivity index is 1.25. The number of likely N-dealkylation sites (tertiary alicyclic amines) is 1. The Bertz CT molecular complexity index is 757. The summed E-state index contributed by atoms with van der Waals surface area (Å²) >= 11 is 0. The molecule has 0 aromatic heterocycles. The van der Waals surface area contributed by atoms with Crippen molar-refractivity contribution in [2.24, 2.45) is 17.8 Å². The average molecular weight is 368 g/mol. The predicted molar refractivity (Wildman–Crippen MR) is 101 cm³/mol. The minimum Gasteiger partial charge on any atom is -0.369 e. The van der Waals surface area contributed by atoms with E-state index in [1.807, 2.05) is 31.2 Å². The fourth-order valence-corrected chi connectivity index (χ4v) is 5.56. The fraction of sp³-hybridized carbons (Fsp3) is 0.636. The average Bonchev–Trinajstić information content (AvgIpc) is 3.27. The smallest absolute Gasteiger partial charge is 0.251 e. The Hall–Kier alpha value is -1.88. The molecule has 27 heavy (non-hydrogen) atoms. The monoisotopic (exact) mass is 368 g/mol. The molecule has 1 aromatic rings. The van der Waals surface area contributed by atoms with Gasteiger partial charge in [0.25, 0.3) is 5.91 Å². The summed E-state index contributed by atoms with van der Waals surface area (Å²) < 4.78 is 6.42. The Morgan fingerprint density at radius 2 is 2.00 bits per heavy atom. The number of nitrogens with zero attached hydrogens (tertiary/aromatic N) is 1. The summed E-state index contributed by atoms with van der Waals surface area (Å²) in [6, 6.07) is 7.67. The summed E-state index contributed by atoms with van der Waals surface area (Å²) in [6.45, 7) is 4.21. The first-order valence-corrected chi connectivity index (χ1v) is 10.4. The van der Waals surface area contributed by atoms with Gasteiger partial charge in [-0.3, -0.25) is 9.59 Å². The van der Waals surface area contributed by atoms with Crippen LogP contribution < -0.4 is 5.32 Å². The molecule has 1 spiro atoms. The molecular weight excluding hydrogens is 340 g/mol. The minimum atomic E-state index is -0.149. The van der Waals surface area contributed by atoms with Gasteiger partial charge in [0.2, 0.25) is 5.91 Å². The second-order valence-electron chi connectivity index (χ2n) is 8.95. The summed E-state index contributed by atoms with van der Waals surface area (Å²) in [5, 5.41) is 3.12. The summed E-state index contributed by atoms with van der Waals surface area (Å²) in [4.78, 5) is 27.3. The standard InChI is InChI=1S/C22H28N2O3/c1-14-5-7-15(8-6-14)20(25)23-11-17-18-12-24(21(26)16-3-2-4-16)13-22(18)10-9-19(17)27-22/h5-8,16-19H,2-4,9-13H2,1H3,(H,23,25)/t17-,18+,19+,22+/m0/s1. The lowest BCUT2D eigenvalue weighted by molar-refractivity contribution is -0.138. The van der Waals surface area contributed by atoms with Crippen molar-refractivity contribution in [3.8, 4) is 0 Å². The van der Waals surface area contributed by atoms with Crippen LogP contribution in [0.4, 0.5) is 0 Å². The van der Waals surface area contributed by atoms with Crippen LogP contribution in [-0.2, 0) is 9.53 Å². The number of hydrogen-bond donors (Lipinski definition) is 1. The second kappa shape index (κ2) is 6.33. The minimum absolute atomic E-state index is 0.0211. The molecule has 4 fully saturated rings. The Kier molecular flexibility index (Phi) is 4.04. The SMILES string of the molecule is Cc1ccc(C(=O)NC[C@H]2[C@H]3CN(C(=O)C4CCC4)C[C@]34CC[C@H]2O4)cc1. The van der Waals surface area contributed by atoms with E-state index >= 15 is 0 Å². The molecule has 5 heteroatoms. The number of carbonyl (C=O) groups is 2. The van der Waals surface area contributed by atoms with E-state index < -0.39 is 0 Å². The van der Waals surface area contributed by atoms with Crippen molar-refractivity contribution in [1.29, 1.82) is 0 Å². The number of fused-ring (bicyclic) bond motifs is 1. The molecule has 3 heterocycles. The van der Waals surface area contributed by atoms with Gasteiger partial charge in [-0.25, -0.2) is 0 Å². The normalized spacial score (nSPS) is 34.4. The van der Waals surface area contributed by atoms with Crippen molar-refractivity contribution in [1.82, 2.24) is 10.2 Å². The van der Waals surface area contributed by atoms with E-state index in [2.05, 4.69) is 10.2 Å². The van der Waals surface area contributed by atoms with Crippen LogP contribution in [0.5, 0.6) is 0 Å². The van der Waals surface area contributed by atoms with Crippen LogP contribution in [0.1, 0.15) is 48.0 Å². The van der Waals surface area contributed by atoms with Gasteiger partial charge >= 0.3 is 0 Å². The molecule has 1 saturated carbocycles. The number of benzene rings is 1. The maximum absolute atomic E-state index is 12.7. The zero-order valence-electron chi connectivity index (χ0n) is 15.9. The van der Waals surface area contributed by atoms with Crippen LogP contribution in [0.3, 0.4) is 0 Å². The lowest BCUT2D eigenvalue weighted by Gasteiger charge is -2.30. The lowest BCUT2D eigenvalue weighted by Crippen LogP contribution is -2.41. The number of ether oxygens (including phenoxy) is 1. The molecule has 2 amide bonds. The van der Waals surface area contributed by atoms with Crippen LogP contribution in [0.2, 0.25) is 0 Å². The van der Waals surface area contributed by atoms with E-state index in [0.29, 0.717) is 29.9 Å². The lowest BCUT2D eigenvalue weighted by atomic mass is 9.73. The van der Waals surface area contributed by atoms with Gasteiger partial charge in [-0.1, -0.05) is 24.1 Å². The van der Waals surface area contributed by atoms with E-state index in [9.17, 15) is 9.59 Å². The van der Waals surface area contributed by atoms with Crippen molar-refractivity contribution in [3.63, 3.8) is 0 Å². The van der Waals surface area contributed by atoms with Gasteiger partial charge in [-0.2, -0.15) is 0 Å². The molecule has 4 atom stereocenters. The molecule has 0 unspecified atom stereocenters. The van der Waals surface area contributed by atoms with E-state index in [1.165, 1.54) is 6.42 Å². The number of rotatable bonds is 4. The Morgan fingerprint density at radius 1 is 1.22 bits per heavy atom. The molecular formula is C22H28N2O3.